The van der Waals surface area contributed by atoms with Crippen LogP contribution in [0.5, 0.6) is 0 Å². The lowest BCUT2D eigenvalue weighted by Gasteiger charge is -2.50. The molecule has 2 unspecified atom stereocenters. The Balaban J connectivity index is 0. The molecule has 1 spiro atoms. The lowest BCUT2D eigenvalue weighted by Crippen LogP contribution is -2.66. The molecule has 9 nitrogen and oxygen atoms in total. The largest absolute Gasteiger partial charge is 0.681 e. The van der Waals surface area contributed by atoms with Gasteiger partial charge in [-0.25, -0.2) is 0 Å². The zero-order valence-corrected chi connectivity index (χ0v) is 25.0. The third kappa shape index (κ3) is 12.8. The number of hydrogen-bond acceptors (Lipinski definition) is 11. The minimum atomic E-state index is -2.97. The highest BCUT2D eigenvalue weighted by Gasteiger charge is 2.60. The number of thiol groups is 1. The van der Waals surface area contributed by atoms with Gasteiger partial charge in [0.25, 0.3) is 0 Å². The average Bonchev–Trinajstić information content (AvgIpc) is 2.68. The van der Waals surface area contributed by atoms with Gasteiger partial charge < -0.3 is 39.6 Å². The average molecular weight is 543 g/mol. The highest BCUT2D eigenvalue weighted by atomic mass is 32.4. The molecule has 0 bridgehead atoms. The van der Waals surface area contributed by atoms with E-state index in [1.165, 1.54) is 28.4 Å². The van der Waals surface area contributed by atoms with Crippen molar-refractivity contribution in [2.45, 2.75) is 77.8 Å². The van der Waals surface area contributed by atoms with E-state index in [1.807, 2.05) is 0 Å². The lowest BCUT2D eigenvalue weighted by atomic mass is 10.0. The fourth-order valence-corrected chi connectivity index (χ4v) is 7.33. The van der Waals surface area contributed by atoms with Crippen molar-refractivity contribution in [2.24, 2.45) is 0 Å². The van der Waals surface area contributed by atoms with Crippen molar-refractivity contribution in [3.8, 4) is 0 Å². The van der Waals surface area contributed by atoms with E-state index in [-0.39, 0.29) is 30.5 Å². The molecule has 0 saturated carbocycles. The third-order valence-corrected chi connectivity index (χ3v) is 9.04. The maximum atomic E-state index is 6.15. The van der Waals surface area contributed by atoms with Crippen LogP contribution in [0.15, 0.2) is 0 Å². The molecule has 2 aliphatic rings. The third-order valence-electron chi connectivity index (χ3n) is 4.05. The molecule has 2 rings (SSSR count). The van der Waals surface area contributed by atoms with E-state index >= 15 is 0 Å². The maximum absolute atomic E-state index is 6.15. The summed E-state index contributed by atoms with van der Waals surface area (Å²) in [6, 6.07) is 0. The molecule has 2 saturated heterocycles. The fraction of sp³-hybridized carbons (Fsp3) is 1.00. The van der Waals surface area contributed by atoms with Crippen molar-refractivity contribution in [3.63, 3.8) is 0 Å². The standard InChI is InChI=1S/C12H24O4Si.C4H12O4Si.CH4OS.HPS/c1-9-7-11(3,4)15-17(13-9)14-10(2)8-12(5,6)16-17;1-5-9(6-2,7-3)8-4;1-2-3;1-2/h9-10H,7-8H2,1-6H3;1-4H3;3H,1H3;1H/i;;1T;. The summed E-state index contributed by atoms with van der Waals surface area (Å²) in [5, 5.41) is 0. The van der Waals surface area contributed by atoms with Crippen molar-refractivity contribution in [1.29, 1.82) is 0 Å². The first kappa shape index (κ1) is 31.9. The molecule has 31 heavy (non-hydrogen) atoms. The molecule has 2 heterocycles. The SMILES string of the molecule is CC1CC(C)(C)O[Si]2(O1)OC(C)CC(C)(C)O2.CO[Si](OC)(OC)OC.P=S.[3H]COS. The van der Waals surface area contributed by atoms with Gasteiger partial charge >= 0.3 is 18.1 Å². The fourth-order valence-electron chi connectivity index (χ4n) is 3.37. The van der Waals surface area contributed by atoms with E-state index in [1.54, 1.807) is 0 Å². The second-order valence-electron chi connectivity index (χ2n) is 7.93. The quantitative estimate of drug-likeness (QED) is 0.246. The van der Waals surface area contributed by atoms with E-state index in [9.17, 15) is 0 Å². The molecule has 2 aliphatic heterocycles. The van der Waals surface area contributed by atoms with Crippen LogP contribution in [0.4, 0.5) is 0 Å². The van der Waals surface area contributed by atoms with Gasteiger partial charge in [-0.1, -0.05) is 11.8 Å². The zero-order chi connectivity index (χ0) is 25.6. The zero-order valence-electron chi connectivity index (χ0n) is 21.3. The summed E-state index contributed by atoms with van der Waals surface area (Å²) in [6.07, 6.45) is 1.96. The lowest BCUT2D eigenvalue weighted by molar-refractivity contribution is -0.201. The molecule has 2 fully saturated rings. The Hall–Kier alpha value is 0.944. The van der Waals surface area contributed by atoms with Crippen LogP contribution in [0.2, 0.25) is 0 Å². The molecule has 0 aromatic heterocycles. The first-order chi connectivity index (χ1) is 14.8. The summed E-state index contributed by atoms with van der Waals surface area (Å²) in [7, 11) is 2.79. The van der Waals surface area contributed by atoms with Crippen molar-refractivity contribution in [3.05, 3.63) is 0 Å². The Morgan fingerprint density at radius 1 is 0.903 bits per heavy atom. The topological polar surface area (TPSA) is 83.1 Å². The Kier molecular flexibility index (Phi) is 16.3. The Morgan fingerprint density at radius 2 is 1.19 bits per heavy atom. The Bertz CT molecular complexity index is 459. The van der Waals surface area contributed by atoms with Crippen LogP contribution in [0.1, 0.15) is 55.8 Å². The van der Waals surface area contributed by atoms with Crippen molar-refractivity contribution < 1.29 is 41.0 Å². The minimum absolute atomic E-state index is 0.0664. The molecular formula is C17H41O9PS2Si2. The molecule has 2 atom stereocenters. The predicted molar refractivity (Wildman–Crippen MR) is 132 cm³/mol. The monoisotopic (exact) mass is 542 g/mol. The molecule has 0 aliphatic carbocycles. The van der Waals surface area contributed by atoms with Crippen LogP contribution >= 0.6 is 20.9 Å². The van der Waals surface area contributed by atoms with Crippen molar-refractivity contribution in [2.75, 3.05) is 35.5 Å². The molecule has 188 valence electrons. The molecule has 0 radical (unpaired) electrons. The summed E-state index contributed by atoms with van der Waals surface area (Å²) in [5.41, 5.74) is -0.478. The van der Waals surface area contributed by atoms with Gasteiger partial charge in [-0.05, 0) is 75.3 Å². The number of rotatable bonds is 4. The predicted octanol–water partition coefficient (Wildman–Crippen LogP) is 3.71. The van der Waals surface area contributed by atoms with Crippen LogP contribution in [0.25, 0.3) is 0 Å². The Morgan fingerprint density at radius 3 is 1.35 bits per heavy atom. The first-order valence-corrected chi connectivity index (χ1v) is 14.8. The molecule has 0 aromatic rings. The smallest absolute Gasteiger partial charge is 0.355 e. The van der Waals surface area contributed by atoms with Gasteiger partial charge in [-0.15, -0.1) is 0 Å². The van der Waals surface area contributed by atoms with Crippen LogP contribution < -0.4 is 0 Å². The van der Waals surface area contributed by atoms with Crippen LogP contribution in [0, 0.1) is 0 Å². The van der Waals surface area contributed by atoms with Crippen LogP contribution in [0.3, 0.4) is 0 Å². The second kappa shape index (κ2) is 15.8. The summed E-state index contributed by atoms with van der Waals surface area (Å²) in [6.45, 7) is 12.4. The molecule has 0 amide bonds. The van der Waals surface area contributed by atoms with Gasteiger partial charge in [-0.3, -0.25) is 0 Å². The van der Waals surface area contributed by atoms with Crippen molar-refractivity contribution in [1.82, 2.24) is 0 Å². The highest BCUT2D eigenvalue weighted by Crippen LogP contribution is 2.40. The molecular weight excluding hydrogens is 499 g/mol. The van der Waals surface area contributed by atoms with E-state index in [0.717, 1.165) is 12.8 Å². The van der Waals surface area contributed by atoms with Crippen LogP contribution in [-0.2, 0) is 51.4 Å². The summed E-state index contributed by atoms with van der Waals surface area (Å²) < 4.78 is 53.4. The summed E-state index contributed by atoms with van der Waals surface area (Å²) in [5.74, 6) is 0. The minimum Gasteiger partial charge on any atom is -0.355 e. The van der Waals surface area contributed by atoms with E-state index in [0.29, 0.717) is 0 Å². The summed E-state index contributed by atoms with van der Waals surface area (Å²) in [4.78, 5) is 0. The summed E-state index contributed by atoms with van der Waals surface area (Å²) >= 11 is 7.12. The van der Waals surface area contributed by atoms with Gasteiger partial charge in [0.15, 0.2) is 0 Å². The molecule has 0 aromatic carbocycles. The van der Waals surface area contributed by atoms with Crippen LogP contribution in [-0.4, -0.2) is 77.0 Å². The second-order valence-corrected chi connectivity index (χ2v) is 12.7. The maximum Gasteiger partial charge on any atom is 0.681 e. The van der Waals surface area contributed by atoms with Gasteiger partial charge in [0, 0.05) is 35.5 Å². The molecule has 0 N–H and O–H groups in total. The first-order valence-electron chi connectivity index (χ1n) is 10.2. The van der Waals surface area contributed by atoms with Gasteiger partial charge in [-0.2, -0.15) is 0 Å². The van der Waals surface area contributed by atoms with E-state index in [2.05, 4.69) is 78.5 Å². The van der Waals surface area contributed by atoms with Gasteiger partial charge in [0.1, 0.15) is 0 Å². The van der Waals surface area contributed by atoms with Gasteiger partial charge in [0.05, 0.1) is 24.8 Å². The van der Waals surface area contributed by atoms with E-state index in [4.69, 9.17) is 36.8 Å². The van der Waals surface area contributed by atoms with Crippen molar-refractivity contribution >= 4 is 50.8 Å². The number of hydrogen-bond donors (Lipinski definition) is 1. The van der Waals surface area contributed by atoms with E-state index < -0.39 is 18.1 Å². The van der Waals surface area contributed by atoms with Gasteiger partial charge in [0.2, 0.25) is 0 Å². The molecule has 14 heteroatoms. The Labute approximate surface area is 204 Å². The highest BCUT2D eigenvalue weighted by molar-refractivity contribution is 7.88. The normalized spacial score (nSPS) is 29.2.